The summed E-state index contributed by atoms with van der Waals surface area (Å²) in [5, 5.41) is 0. The van der Waals surface area contributed by atoms with E-state index in [4.69, 9.17) is 0 Å². The lowest BCUT2D eigenvalue weighted by molar-refractivity contribution is 0.590. The molecule has 17 heavy (non-hydrogen) atoms. The van der Waals surface area contributed by atoms with E-state index in [0.29, 0.717) is 0 Å². The summed E-state index contributed by atoms with van der Waals surface area (Å²) in [6.45, 7) is 6.69. The number of nitrogens with one attached hydrogen (secondary N) is 1. The van der Waals surface area contributed by atoms with E-state index < -0.39 is 0 Å². The molecule has 0 saturated carbocycles. The number of aromatic amines is 1. The fourth-order valence-corrected chi connectivity index (χ4v) is 2.11. The highest BCUT2D eigenvalue weighted by molar-refractivity contribution is 9.10. The molecule has 2 aromatic rings. The first kappa shape index (κ1) is 12.4. The van der Waals surface area contributed by atoms with Crippen LogP contribution in [0.3, 0.4) is 0 Å². The first-order valence-corrected chi connectivity index (χ1v) is 6.53. The predicted molar refractivity (Wildman–Crippen MR) is 74.2 cm³/mol. The van der Waals surface area contributed by atoms with Gasteiger partial charge < -0.3 is 4.98 Å². The van der Waals surface area contributed by atoms with Gasteiger partial charge in [-0.3, -0.25) is 0 Å². The van der Waals surface area contributed by atoms with Crippen LogP contribution < -0.4 is 0 Å². The highest BCUT2D eigenvalue weighted by atomic mass is 79.9. The van der Waals surface area contributed by atoms with E-state index in [9.17, 15) is 0 Å². The van der Waals surface area contributed by atoms with Crippen molar-refractivity contribution in [3.63, 3.8) is 0 Å². The number of aromatic nitrogens is 2. The molecule has 90 valence electrons. The Bertz CT molecular complexity index is 492. The van der Waals surface area contributed by atoms with Gasteiger partial charge in [-0.15, -0.1) is 0 Å². The van der Waals surface area contributed by atoms with Gasteiger partial charge in [0.25, 0.3) is 0 Å². The zero-order valence-electron chi connectivity index (χ0n) is 10.4. The standard InChI is InChI=1S/C14H17BrN2/c1-14(2,3)11-6-4-10(5-7-11)8-12-13(15)17-9-16-12/h4-7,9H,8H2,1-3H3,(H,16,17). The van der Waals surface area contributed by atoms with Crippen LogP contribution >= 0.6 is 15.9 Å². The minimum absolute atomic E-state index is 0.215. The second-order valence-corrected chi connectivity index (χ2v) is 6.05. The summed E-state index contributed by atoms with van der Waals surface area (Å²) >= 11 is 3.43. The molecule has 2 nitrogen and oxygen atoms in total. The second kappa shape index (κ2) is 4.65. The van der Waals surface area contributed by atoms with Crippen molar-refractivity contribution in [1.82, 2.24) is 9.97 Å². The van der Waals surface area contributed by atoms with Crippen LogP contribution in [-0.4, -0.2) is 9.97 Å². The number of rotatable bonds is 2. The van der Waals surface area contributed by atoms with Gasteiger partial charge in [-0.05, 0) is 32.5 Å². The third kappa shape index (κ3) is 2.97. The summed E-state index contributed by atoms with van der Waals surface area (Å²) < 4.78 is 0.900. The fraction of sp³-hybridized carbons (Fsp3) is 0.357. The fourth-order valence-electron chi connectivity index (χ4n) is 1.76. The van der Waals surface area contributed by atoms with E-state index in [-0.39, 0.29) is 5.41 Å². The number of halogens is 1. The number of imidazole rings is 1. The molecule has 0 bridgehead atoms. The predicted octanol–water partition coefficient (Wildman–Crippen LogP) is 4.06. The van der Waals surface area contributed by atoms with Crippen molar-refractivity contribution >= 4 is 15.9 Å². The van der Waals surface area contributed by atoms with E-state index >= 15 is 0 Å². The quantitative estimate of drug-likeness (QED) is 0.888. The maximum Gasteiger partial charge on any atom is 0.127 e. The van der Waals surface area contributed by atoms with E-state index in [1.165, 1.54) is 11.1 Å². The Labute approximate surface area is 111 Å². The molecule has 3 heteroatoms. The molecule has 0 saturated heterocycles. The van der Waals surface area contributed by atoms with Crippen LogP contribution in [0.15, 0.2) is 35.2 Å². The van der Waals surface area contributed by atoms with Crippen LogP contribution in [-0.2, 0) is 11.8 Å². The molecule has 0 fully saturated rings. The second-order valence-electron chi connectivity index (χ2n) is 5.30. The molecule has 1 aromatic carbocycles. The maximum atomic E-state index is 4.13. The van der Waals surface area contributed by atoms with Crippen LogP contribution in [0.4, 0.5) is 0 Å². The Morgan fingerprint density at radius 2 is 1.82 bits per heavy atom. The average Bonchev–Trinajstić information content (AvgIpc) is 2.64. The third-order valence-corrected chi connectivity index (χ3v) is 3.55. The van der Waals surface area contributed by atoms with Gasteiger partial charge in [0.15, 0.2) is 0 Å². The molecular weight excluding hydrogens is 276 g/mol. The summed E-state index contributed by atoms with van der Waals surface area (Å²) in [7, 11) is 0. The molecule has 0 aliphatic rings. The van der Waals surface area contributed by atoms with Crippen LogP contribution in [0.25, 0.3) is 0 Å². The third-order valence-electron chi connectivity index (χ3n) is 2.87. The van der Waals surface area contributed by atoms with E-state index in [2.05, 4.69) is 70.9 Å². The van der Waals surface area contributed by atoms with E-state index in [0.717, 1.165) is 16.7 Å². The number of H-pyrrole nitrogens is 1. The van der Waals surface area contributed by atoms with Crippen LogP contribution in [0, 0.1) is 0 Å². The molecule has 1 aromatic heterocycles. The molecule has 0 amide bonds. The maximum absolute atomic E-state index is 4.13. The summed E-state index contributed by atoms with van der Waals surface area (Å²) in [5.41, 5.74) is 3.99. The lowest BCUT2D eigenvalue weighted by atomic mass is 9.86. The molecule has 0 aliphatic carbocycles. The topological polar surface area (TPSA) is 28.7 Å². The summed E-state index contributed by atoms with van der Waals surface area (Å²) in [6, 6.07) is 8.79. The number of nitrogens with zero attached hydrogens (tertiary/aromatic N) is 1. The van der Waals surface area contributed by atoms with Gasteiger partial charge in [0, 0.05) is 6.42 Å². The van der Waals surface area contributed by atoms with Crippen molar-refractivity contribution in [2.24, 2.45) is 0 Å². The van der Waals surface area contributed by atoms with Crippen molar-refractivity contribution in [3.05, 3.63) is 52.0 Å². The smallest absolute Gasteiger partial charge is 0.127 e. The van der Waals surface area contributed by atoms with E-state index in [1.54, 1.807) is 6.33 Å². The van der Waals surface area contributed by atoms with Crippen molar-refractivity contribution < 1.29 is 0 Å². The largest absolute Gasteiger partial charge is 0.347 e. The van der Waals surface area contributed by atoms with Gasteiger partial charge in [-0.2, -0.15) is 0 Å². The summed E-state index contributed by atoms with van der Waals surface area (Å²) in [5.74, 6) is 0. The Balaban J connectivity index is 2.17. The zero-order chi connectivity index (χ0) is 12.5. The Morgan fingerprint density at radius 1 is 1.18 bits per heavy atom. The highest BCUT2D eigenvalue weighted by Crippen LogP contribution is 2.23. The van der Waals surface area contributed by atoms with Crippen LogP contribution in [0.2, 0.25) is 0 Å². The van der Waals surface area contributed by atoms with Gasteiger partial charge in [0.1, 0.15) is 4.60 Å². The minimum Gasteiger partial charge on any atom is -0.347 e. The van der Waals surface area contributed by atoms with Crippen molar-refractivity contribution in [2.45, 2.75) is 32.6 Å². The number of hydrogen-bond acceptors (Lipinski definition) is 1. The minimum atomic E-state index is 0.215. The van der Waals surface area contributed by atoms with E-state index in [1.807, 2.05) is 0 Å². The first-order chi connectivity index (χ1) is 7.97. The normalized spacial score (nSPS) is 11.8. The van der Waals surface area contributed by atoms with Crippen molar-refractivity contribution in [3.8, 4) is 0 Å². The molecule has 0 unspecified atom stereocenters. The lowest BCUT2D eigenvalue weighted by Gasteiger charge is -2.19. The van der Waals surface area contributed by atoms with Gasteiger partial charge in [-0.1, -0.05) is 45.0 Å². The van der Waals surface area contributed by atoms with Crippen LogP contribution in [0.1, 0.15) is 37.6 Å². The lowest BCUT2D eigenvalue weighted by Crippen LogP contribution is -2.10. The Kier molecular flexibility index (Phi) is 3.38. The molecule has 0 aliphatic heterocycles. The zero-order valence-corrected chi connectivity index (χ0v) is 12.0. The first-order valence-electron chi connectivity index (χ1n) is 5.74. The van der Waals surface area contributed by atoms with Crippen molar-refractivity contribution in [1.29, 1.82) is 0 Å². The molecule has 1 heterocycles. The Morgan fingerprint density at radius 3 is 2.29 bits per heavy atom. The summed E-state index contributed by atoms with van der Waals surface area (Å²) in [4.78, 5) is 7.27. The molecule has 0 radical (unpaired) electrons. The van der Waals surface area contributed by atoms with Crippen molar-refractivity contribution in [2.75, 3.05) is 0 Å². The average molecular weight is 293 g/mol. The highest BCUT2D eigenvalue weighted by Gasteiger charge is 2.13. The van der Waals surface area contributed by atoms with Gasteiger partial charge in [-0.25, -0.2) is 4.98 Å². The molecule has 2 rings (SSSR count). The molecular formula is C14H17BrN2. The monoisotopic (exact) mass is 292 g/mol. The number of hydrogen-bond donors (Lipinski definition) is 1. The summed E-state index contributed by atoms with van der Waals surface area (Å²) in [6.07, 6.45) is 2.59. The van der Waals surface area contributed by atoms with Gasteiger partial charge in [0.05, 0.1) is 12.0 Å². The SMILES string of the molecule is CC(C)(C)c1ccc(Cc2[nH]cnc2Br)cc1. The van der Waals surface area contributed by atoms with Gasteiger partial charge >= 0.3 is 0 Å². The van der Waals surface area contributed by atoms with Crippen LogP contribution in [0.5, 0.6) is 0 Å². The van der Waals surface area contributed by atoms with Gasteiger partial charge in [0.2, 0.25) is 0 Å². The molecule has 0 spiro atoms. The number of benzene rings is 1. The molecule has 0 atom stereocenters. The molecule has 1 N–H and O–H groups in total. The Hall–Kier alpha value is -1.09.